The Morgan fingerprint density at radius 2 is 1.50 bits per heavy atom. The van der Waals surface area contributed by atoms with Gasteiger partial charge in [0.1, 0.15) is 17.2 Å². The maximum absolute atomic E-state index is 5.86. The fourth-order valence-electron chi connectivity index (χ4n) is 2.96. The van der Waals surface area contributed by atoms with Gasteiger partial charge < -0.3 is 18.9 Å². The van der Waals surface area contributed by atoms with E-state index >= 15 is 0 Å². The van der Waals surface area contributed by atoms with Crippen molar-refractivity contribution in [3.63, 3.8) is 0 Å². The van der Waals surface area contributed by atoms with E-state index < -0.39 is 0 Å². The minimum atomic E-state index is 0.632. The van der Waals surface area contributed by atoms with Gasteiger partial charge in [-0.3, -0.25) is 4.90 Å². The smallest absolute Gasteiger partial charge is 0.129 e. The topological polar surface area (TPSA) is 40.2 Å². The molecular formula is C19H31NO4. The molecule has 0 radical (unpaired) electrons. The molecule has 5 nitrogen and oxygen atoms in total. The summed E-state index contributed by atoms with van der Waals surface area (Å²) in [6.45, 7) is 12.7. The van der Waals surface area contributed by atoms with Crippen molar-refractivity contribution < 1.29 is 18.9 Å². The van der Waals surface area contributed by atoms with Crippen molar-refractivity contribution >= 4 is 0 Å². The first-order chi connectivity index (χ1) is 11.8. The van der Waals surface area contributed by atoms with E-state index in [0.717, 1.165) is 68.5 Å². The number of rotatable bonds is 10. The lowest BCUT2D eigenvalue weighted by atomic mass is 10.1. The van der Waals surface area contributed by atoms with Crippen LogP contribution in [-0.4, -0.2) is 57.6 Å². The normalized spacial score (nSPS) is 15.3. The van der Waals surface area contributed by atoms with Crippen molar-refractivity contribution in [1.82, 2.24) is 4.90 Å². The van der Waals surface area contributed by atoms with Crippen LogP contribution in [0.5, 0.6) is 17.2 Å². The van der Waals surface area contributed by atoms with Gasteiger partial charge >= 0.3 is 0 Å². The molecule has 136 valence electrons. The van der Waals surface area contributed by atoms with E-state index in [1.807, 2.05) is 32.9 Å². The zero-order valence-corrected chi connectivity index (χ0v) is 15.3. The van der Waals surface area contributed by atoms with Gasteiger partial charge in [-0.05, 0) is 40.2 Å². The Morgan fingerprint density at radius 1 is 0.917 bits per heavy atom. The van der Waals surface area contributed by atoms with E-state index in [1.54, 1.807) is 0 Å². The van der Waals surface area contributed by atoms with Gasteiger partial charge in [0.05, 0.1) is 33.0 Å². The van der Waals surface area contributed by atoms with Gasteiger partial charge in [-0.25, -0.2) is 0 Å². The molecule has 0 amide bonds. The van der Waals surface area contributed by atoms with E-state index in [2.05, 4.69) is 4.90 Å². The van der Waals surface area contributed by atoms with Crippen molar-refractivity contribution in [2.24, 2.45) is 0 Å². The predicted octanol–water partition coefficient (Wildman–Crippen LogP) is 3.15. The number of nitrogens with zero attached hydrogens (tertiary/aromatic N) is 1. The lowest BCUT2D eigenvalue weighted by molar-refractivity contribution is 0.0374. The van der Waals surface area contributed by atoms with Gasteiger partial charge in [-0.15, -0.1) is 0 Å². The highest BCUT2D eigenvalue weighted by atomic mass is 16.5. The molecule has 5 heteroatoms. The molecule has 1 aliphatic heterocycles. The SMILES string of the molecule is CCOc1cc(OCC)c(CCCN2CCOCC2)c(OCC)c1. The molecule has 0 saturated carbocycles. The van der Waals surface area contributed by atoms with Gasteiger partial charge in [0.25, 0.3) is 0 Å². The van der Waals surface area contributed by atoms with Crippen molar-refractivity contribution in [2.45, 2.75) is 33.6 Å². The predicted molar refractivity (Wildman–Crippen MR) is 95.5 cm³/mol. The summed E-state index contributed by atoms with van der Waals surface area (Å²) >= 11 is 0. The molecule has 1 aliphatic rings. The average Bonchev–Trinajstić information content (AvgIpc) is 2.59. The van der Waals surface area contributed by atoms with Crippen LogP contribution >= 0.6 is 0 Å². The molecule has 0 bridgehead atoms. The van der Waals surface area contributed by atoms with Gasteiger partial charge in [0, 0.05) is 30.8 Å². The van der Waals surface area contributed by atoms with Crippen LogP contribution in [0.3, 0.4) is 0 Å². The second kappa shape index (κ2) is 10.4. The first kappa shape index (κ1) is 18.9. The van der Waals surface area contributed by atoms with E-state index in [-0.39, 0.29) is 0 Å². The summed E-state index contributed by atoms with van der Waals surface area (Å²) in [7, 11) is 0. The second-order valence-electron chi connectivity index (χ2n) is 5.75. The Morgan fingerprint density at radius 3 is 2.04 bits per heavy atom. The summed E-state index contributed by atoms with van der Waals surface area (Å²) in [6.07, 6.45) is 2.02. The molecule has 0 aliphatic carbocycles. The number of morpholine rings is 1. The van der Waals surface area contributed by atoms with Crippen LogP contribution in [0.2, 0.25) is 0 Å². The highest BCUT2D eigenvalue weighted by Gasteiger charge is 2.16. The minimum Gasteiger partial charge on any atom is -0.494 e. The lowest BCUT2D eigenvalue weighted by Crippen LogP contribution is -2.36. The number of ether oxygens (including phenoxy) is 4. The second-order valence-corrected chi connectivity index (χ2v) is 5.75. The maximum atomic E-state index is 5.86. The summed E-state index contributed by atoms with van der Waals surface area (Å²) in [5.74, 6) is 2.57. The minimum absolute atomic E-state index is 0.632. The Hall–Kier alpha value is -1.46. The molecule has 0 atom stereocenters. The van der Waals surface area contributed by atoms with Crippen molar-refractivity contribution in [3.8, 4) is 17.2 Å². The molecule has 0 spiro atoms. The summed E-state index contributed by atoms with van der Waals surface area (Å²) in [6, 6.07) is 3.97. The van der Waals surface area contributed by atoms with E-state index in [1.165, 1.54) is 0 Å². The van der Waals surface area contributed by atoms with E-state index in [4.69, 9.17) is 18.9 Å². The molecule has 24 heavy (non-hydrogen) atoms. The largest absolute Gasteiger partial charge is 0.494 e. The molecule has 1 aromatic rings. The highest BCUT2D eigenvalue weighted by Crippen LogP contribution is 2.35. The van der Waals surface area contributed by atoms with Crippen LogP contribution in [0.15, 0.2) is 12.1 Å². The van der Waals surface area contributed by atoms with Crippen LogP contribution in [0, 0.1) is 0 Å². The Balaban J connectivity index is 2.08. The fraction of sp³-hybridized carbons (Fsp3) is 0.684. The molecule has 1 fully saturated rings. The number of benzene rings is 1. The summed E-state index contributed by atoms with van der Waals surface area (Å²) < 4.78 is 22.8. The summed E-state index contributed by atoms with van der Waals surface area (Å²) in [4.78, 5) is 2.46. The molecule has 0 N–H and O–H groups in total. The third-order valence-electron chi connectivity index (χ3n) is 4.06. The number of hydrogen-bond donors (Lipinski definition) is 0. The summed E-state index contributed by atoms with van der Waals surface area (Å²) in [5, 5.41) is 0. The van der Waals surface area contributed by atoms with Crippen LogP contribution in [-0.2, 0) is 11.2 Å². The third kappa shape index (κ3) is 5.56. The number of hydrogen-bond acceptors (Lipinski definition) is 5. The van der Waals surface area contributed by atoms with Gasteiger partial charge in [-0.2, -0.15) is 0 Å². The average molecular weight is 337 g/mol. The molecule has 0 unspecified atom stereocenters. The Kier molecular flexibility index (Phi) is 8.19. The summed E-state index contributed by atoms with van der Waals surface area (Å²) in [5.41, 5.74) is 1.15. The molecule has 0 aromatic heterocycles. The fourth-order valence-corrected chi connectivity index (χ4v) is 2.96. The third-order valence-corrected chi connectivity index (χ3v) is 4.06. The van der Waals surface area contributed by atoms with Crippen LogP contribution in [0.25, 0.3) is 0 Å². The van der Waals surface area contributed by atoms with Crippen LogP contribution < -0.4 is 14.2 Å². The molecule has 2 rings (SSSR count). The van der Waals surface area contributed by atoms with E-state index in [9.17, 15) is 0 Å². The highest BCUT2D eigenvalue weighted by molar-refractivity contribution is 5.51. The van der Waals surface area contributed by atoms with Gasteiger partial charge in [0.15, 0.2) is 0 Å². The molecule has 1 saturated heterocycles. The molecule has 1 heterocycles. The Labute approximate surface area is 145 Å². The van der Waals surface area contributed by atoms with Crippen molar-refractivity contribution in [3.05, 3.63) is 17.7 Å². The lowest BCUT2D eigenvalue weighted by Gasteiger charge is -2.26. The maximum Gasteiger partial charge on any atom is 0.129 e. The zero-order chi connectivity index (χ0) is 17.2. The monoisotopic (exact) mass is 337 g/mol. The first-order valence-corrected chi connectivity index (χ1v) is 9.13. The van der Waals surface area contributed by atoms with Gasteiger partial charge in [0.2, 0.25) is 0 Å². The van der Waals surface area contributed by atoms with Crippen LogP contribution in [0.4, 0.5) is 0 Å². The van der Waals surface area contributed by atoms with E-state index in [0.29, 0.717) is 19.8 Å². The molecular weight excluding hydrogens is 306 g/mol. The Bertz CT molecular complexity index is 459. The van der Waals surface area contributed by atoms with Crippen molar-refractivity contribution in [2.75, 3.05) is 52.7 Å². The quantitative estimate of drug-likeness (QED) is 0.656. The zero-order valence-electron chi connectivity index (χ0n) is 15.3. The van der Waals surface area contributed by atoms with Gasteiger partial charge in [-0.1, -0.05) is 0 Å². The first-order valence-electron chi connectivity index (χ1n) is 9.13. The molecule has 1 aromatic carbocycles. The van der Waals surface area contributed by atoms with Crippen molar-refractivity contribution in [1.29, 1.82) is 0 Å². The standard InChI is InChI=1S/C19H31NO4/c1-4-22-16-14-18(23-5-2)17(19(15-16)24-6-3)8-7-9-20-10-12-21-13-11-20/h14-15H,4-13H2,1-3H3. The van der Waals surface area contributed by atoms with Crippen LogP contribution in [0.1, 0.15) is 32.8 Å².